The summed E-state index contributed by atoms with van der Waals surface area (Å²) in [5.74, 6) is -2.05. The minimum Gasteiger partial charge on any atom is -0.451 e. The predicted octanol–water partition coefficient (Wildman–Crippen LogP) is 1.01. The Morgan fingerprint density at radius 2 is 1.93 bits per heavy atom. The normalized spacial score (nSPS) is 18.4. The number of imide groups is 1. The van der Waals surface area contributed by atoms with E-state index in [9.17, 15) is 19.2 Å². The van der Waals surface area contributed by atoms with Crippen LogP contribution in [0.15, 0.2) is 24.3 Å². The Labute approximate surface area is 159 Å². The van der Waals surface area contributed by atoms with Crippen molar-refractivity contribution in [1.29, 1.82) is 0 Å². The highest BCUT2D eigenvalue weighted by Crippen LogP contribution is 2.32. The van der Waals surface area contributed by atoms with Gasteiger partial charge in [0.05, 0.1) is 5.52 Å². The predicted molar refractivity (Wildman–Crippen MR) is 95.7 cm³/mol. The minimum absolute atomic E-state index is 0.0551. The lowest BCUT2D eigenvalue weighted by Gasteiger charge is -2.30. The molecule has 1 aliphatic carbocycles. The van der Waals surface area contributed by atoms with Crippen molar-refractivity contribution in [3.63, 3.8) is 0 Å². The number of H-pyrrole nitrogens is 1. The highest BCUT2D eigenvalue weighted by atomic mass is 16.5. The molecule has 0 radical (unpaired) electrons. The lowest BCUT2D eigenvalue weighted by atomic mass is 9.82. The van der Waals surface area contributed by atoms with Crippen molar-refractivity contribution >= 4 is 34.7 Å². The number of para-hydroxylation sites is 1. The number of nitrogens with one attached hydrogen (secondary N) is 3. The van der Waals surface area contributed by atoms with E-state index in [0.29, 0.717) is 28.8 Å². The molecule has 1 saturated heterocycles. The number of hydrogen-bond acceptors (Lipinski definition) is 6. The smallest absolute Gasteiger partial charge is 0.359 e. The second kappa shape index (κ2) is 6.95. The fraction of sp³-hybridized carbons (Fsp3) is 0.389. The van der Waals surface area contributed by atoms with Gasteiger partial charge in [-0.1, -0.05) is 37.5 Å². The Kier molecular flexibility index (Phi) is 4.46. The fourth-order valence-electron chi connectivity index (χ4n) is 3.69. The first kappa shape index (κ1) is 18.0. The van der Waals surface area contributed by atoms with Crippen LogP contribution >= 0.6 is 0 Å². The van der Waals surface area contributed by atoms with Crippen LogP contribution in [0.4, 0.5) is 4.79 Å². The zero-order valence-electron chi connectivity index (χ0n) is 15.0. The molecule has 146 valence electrons. The van der Waals surface area contributed by atoms with Gasteiger partial charge in [-0.2, -0.15) is 10.1 Å². The summed E-state index contributed by atoms with van der Waals surface area (Å²) >= 11 is 0. The quantitative estimate of drug-likeness (QED) is 0.531. The largest absolute Gasteiger partial charge is 0.451 e. The molecule has 28 heavy (non-hydrogen) atoms. The maximum Gasteiger partial charge on any atom is 0.359 e. The third-order valence-electron chi connectivity index (χ3n) is 5.10. The number of nitrogens with zero attached hydrogens (tertiary/aromatic N) is 2. The third-order valence-corrected chi connectivity index (χ3v) is 5.10. The standard InChI is InChI=1S/C18H19N5O5/c24-13(10-28-15(25)14-11-6-2-3-7-12(11)20-21-14)22-23-16(26)18(19-17(23)27)8-4-1-5-9-18/h2-3,6-7H,1,4-5,8-10H2,(H,19,27)(H,20,21)(H,22,24). The first-order valence-corrected chi connectivity index (χ1v) is 9.07. The van der Waals surface area contributed by atoms with Crippen LogP contribution in [0.25, 0.3) is 10.9 Å². The number of benzene rings is 1. The van der Waals surface area contributed by atoms with Gasteiger partial charge in [0.15, 0.2) is 12.3 Å². The number of fused-ring (bicyclic) bond motifs is 1. The zero-order valence-corrected chi connectivity index (χ0v) is 15.0. The van der Waals surface area contributed by atoms with Crippen LogP contribution in [0, 0.1) is 0 Å². The van der Waals surface area contributed by atoms with Crippen LogP contribution in [-0.2, 0) is 14.3 Å². The summed E-state index contributed by atoms with van der Waals surface area (Å²) in [6.07, 6.45) is 3.78. The number of aromatic nitrogens is 2. The number of rotatable bonds is 4. The van der Waals surface area contributed by atoms with Gasteiger partial charge in [0.1, 0.15) is 5.54 Å². The Morgan fingerprint density at radius 3 is 2.71 bits per heavy atom. The van der Waals surface area contributed by atoms with Gasteiger partial charge in [0.25, 0.3) is 11.8 Å². The van der Waals surface area contributed by atoms with Gasteiger partial charge in [-0.25, -0.2) is 9.59 Å². The highest BCUT2D eigenvalue weighted by molar-refractivity contribution is 6.08. The number of carbonyl (C=O) groups excluding carboxylic acids is 4. The van der Waals surface area contributed by atoms with Crippen molar-refractivity contribution in [3.8, 4) is 0 Å². The number of hydrazine groups is 1. The molecule has 4 amide bonds. The number of esters is 1. The van der Waals surface area contributed by atoms with Crippen LogP contribution in [0.3, 0.4) is 0 Å². The molecule has 1 aromatic carbocycles. The summed E-state index contributed by atoms with van der Waals surface area (Å²) in [7, 11) is 0. The van der Waals surface area contributed by atoms with E-state index in [1.165, 1.54) is 0 Å². The van der Waals surface area contributed by atoms with E-state index in [2.05, 4.69) is 20.9 Å². The highest BCUT2D eigenvalue weighted by Gasteiger charge is 2.52. The van der Waals surface area contributed by atoms with E-state index in [4.69, 9.17) is 4.74 Å². The van der Waals surface area contributed by atoms with Gasteiger partial charge in [0, 0.05) is 5.39 Å². The van der Waals surface area contributed by atoms with Crippen LogP contribution in [0.5, 0.6) is 0 Å². The summed E-state index contributed by atoms with van der Waals surface area (Å²) in [6, 6.07) is 6.32. The van der Waals surface area contributed by atoms with E-state index in [1.807, 2.05) is 0 Å². The first-order chi connectivity index (χ1) is 13.5. The summed E-state index contributed by atoms with van der Waals surface area (Å²) in [6.45, 7) is -0.649. The molecule has 10 heteroatoms. The molecule has 1 spiro atoms. The number of hydrogen-bond donors (Lipinski definition) is 3. The average molecular weight is 385 g/mol. The first-order valence-electron chi connectivity index (χ1n) is 9.07. The maximum atomic E-state index is 12.6. The Morgan fingerprint density at radius 1 is 1.18 bits per heavy atom. The van der Waals surface area contributed by atoms with Crippen molar-refractivity contribution in [2.75, 3.05) is 6.61 Å². The number of ether oxygens (including phenoxy) is 1. The van der Waals surface area contributed by atoms with E-state index in [0.717, 1.165) is 19.3 Å². The molecule has 0 bridgehead atoms. The van der Waals surface area contributed by atoms with Crippen LogP contribution in [0.1, 0.15) is 42.6 Å². The van der Waals surface area contributed by atoms with E-state index >= 15 is 0 Å². The fourth-order valence-corrected chi connectivity index (χ4v) is 3.69. The molecular weight excluding hydrogens is 366 g/mol. The van der Waals surface area contributed by atoms with Crippen LogP contribution in [0.2, 0.25) is 0 Å². The molecule has 0 unspecified atom stereocenters. The maximum absolute atomic E-state index is 12.6. The molecule has 2 heterocycles. The van der Waals surface area contributed by atoms with Crippen molar-refractivity contribution in [2.45, 2.75) is 37.6 Å². The van der Waals surface area contributed by atoms with Gasteiger partial charge in [-0.3, -0.25) is 20.1 Å². The summed E-state index contributed by atoms with van der Waals surface area (Å²) in [4.78, 5) is 49.0. The van der Waals surface area contributed by atoms with Crippen molar-refractivity contribution in [3.05, 3.63) is 30.0 Å². The van der Waals surface area contributed by atoms with Crippen molar-refractivity contribution in [2.24, 2.45) is 0 Å². The third kappa shape index (κ3) is 3.06. The topological polar surface area (TPSA) is 133 Å². The van der Waals surface area contributed by atoms with Crippen molar-refractivity contribution in [1.82, 2.24) is 25.9 Å². The van der Waals surface area contributed by atoms with E-state index < -0.39 is 36.0 Å². The number of urea groups is 1. The van der Waals surface area contributed by atoms with E-state index in [1.54, 1.807) is 24.3 Å². The van der Waals surface area contributed by atoms with Gasteiger partial charge in [0.2, 0.25) is 0 Å². The molecule has 10 nitrogen and oxygen atoms in total. The minimum atomic E-state index is -0.937. The number of amides is 4. The number of carbonyl (C=O) groups is 4. The monoisotopic (exact) mass is 385 g/mol. The zero-order chi connectivity index (χ0) is 19.7. The second-order valence-electron chi connectivity index (χ2n) is 6.94. The van der Waals surface area contributed by atoms with Gasteiger partial charge < -0.3 is 10.1 Å². The van der Waals surface area contributed by atoms with Crippen LogP contribution < -0.4 is 10.7 Å². The lowest BCUT2D eigenvalue weighted by Crippen LogP contribution is -2.51. The van der Waals surface area contributed by atoms with Gasteiger partial charge >= 0.3 is 12.0 Å². The summed E-state index contributed by atoms with van der Waals surface area (Å²) in [5, 5.41) is 10.5. The summed E-state index contributed by atoms with van der Waals surface area (Å²) in [5.41, 5.74) is 2.00. The molecule has 1 aliphatic heterocycles. The molecule has 0 atom stereocenters. The second-order valence-corrected chi connectivity index (χ2v) is 6.94. The molecule has 1 aromatic heterocycles. The summed E-state index contributed by atoms with van der Waals surface area (Å²) < 4.78 is 4.97. The molecule has 2 aliphatic rings. The van der Waals surface area contributed by atoms with E-state index in [-0.39, 0.29) is 5.69 Å². The molecule has 3 N–H and O–H groups in total. The SMILES string of the molecule is O=C(COC(=O)c1n[nH]c2ccccc12)NN1C(=O)NC2(CCCCC2)C1=O. The lowest BCUT2D eigenvalue weighted by molar-refractivity contribution is -0.140. The molecular formula is C18H19N5O5. The molecule has 2 fully saturated rings. The van der Waals surface area contributed by atoms with Gasteiger partial charge in [-0.15, -0.1) is 0 Å². The average Bonchev–Trinajstić information content (AvgIpc) is 3.22. The Bertz CT molecular complexity index is 962. The van der Waals surface area contributed by atoms with Gasteiger partial charge in [-0.05, 0) is 18.9 Å². The van der Waals surface area contributed by atoms with Crippen LogP contribution in [-0.4, -0.2) is 51.2 Å². The number of aromatic amines is 1. The molecule has 2 aromatic rings. The Balaban J connectivity index is 1.36. The molecule has 1 saturated carbocycles. The Hall–Kier alpha value is -3.43. The van der Waals surface area contributed by atoms with Crippen molar-refractivity contribution < 1.29 is 23.9 Å². The molecule has 4 rings (SSSR count).